The first-order valence-corrected chi connectivity index (χ1v) is 7.22. The van der Waals surface area contributed by atoms with Crippen LogP contribution in [0.4, 0.5) is 11.4 Å². The minimum absolute atomic E-state index is 0.273. The van der Waals surface area contributed by atoms with Gasteiger partial charge >= 0.3 is 5.97 Å². The smallest absolute Gasteiger partial charge is 0.337 e. The summed E-state index contributed by atoms with van der Waals surface area (Å²) < 4.78 is 4.75. The molecule has 0 bridgehead atoms. The highest BCUT2D eigenvalue weighted by atomic mass is 16.5. The lowest BCUT2D eigenvalue weighted by Crippen LogP contribution is -2.33. The van der Waals surface area contributed by atoms with Crippen LogP contribution in [0, 0.1) is 5.92 Å². The van der Waals surface area contributed by atoms with Crippen LogP contribution in [0.25, 0.3) is 0 Å². The lowest BCUT2D eigenvalue weighted by Gasteiger charge is -2.25. The van der Waals surface area contributed by atoms with Crippen LogP contribution in [0.3, 0.4) is 0 Å². The number of hydrogen-bond acceptors (Lipinski definition) is 5. The number of nitrogen functional groups attached to an aromatic ring is 1. The number of ether oxygens (including phenoxy) is 1. The lowest BCUT2D eigenvalue weighted by atomic mass is 10.0. The van der Waals surface area contributed by atoms with E-state index in [0.29, 0.717) is 17.2 Å². The van der Waals surface area contributed by atoms with Crippen LogP contribution >= 0.6 is 0 Å². The van der Waals surface area contributed by atoms with Crippen molar-refractivity contribution < 1.29 is 9.53 Å². The average molecular weight is 293 g/mol. The second-order valence-corrected chi connectivity index (χ2v) is 6.03. The number of methoxy groups -OCH3 is 1. The van der Waals surface area contributed by atoms with Gasteiger partial charge in [-0.2, -0.15) is 0 Å². The number of hydrogen-bond donors (Lipinski definition) is 2. The highest BCUT2D eigenvalue weighted by Gasteiger charge is 2.15. The van der Waals surface area contributed by atoms with Crippen LogP contribution in [-0.2, 0) is 4.74 Å². The molecule has 0 heterocycles. The van der Waals surface area contributed by atoms with E-state index in [-0.39, 0.29) is 12.0 Å². The van der Waals surface area contributed by atoms with Crippen molar-refractivity contribution in [2.24, 2.45) is 5.92 Å². The summed E-state index contributed by atoms with van der Waals surface area (Å²) in [6, 6.07) is 5.44. The highest BCUT2D eigenvalue weighted by Crippen LogP contribution is 2.23. The molecule has 5 heteroatoms. The number of carbonyl (C=O) groups is 1. The molecule has 1 aromatic carbocycles. The van der Waals surface area contributed by atoms with E-state index in [1.54, 1.807) is 18.2 Å². The van der Waals surface area contributed by atoms with Crippen LogP contribution in [0.15, 0.2) is 18.2 Å². The van der Waals surface area contributed by atoms with Gasteiger partial charge in [0.05, 0.1) is 24.0 Å². The number of rotatable bonds is 7. The number of benzene rings is 1. The number of nitrogens with two attached hydrogens (primary N) is 1. The maximum absolute atomic E-state index is 11.6. The van der Waals surface area contributed by atoms with Gasteiger partial charge in [0.2, 0.25) is 0 Å². The summed E-state index contributed by atoms with van der Waals surface area (Å²) in [6.07, 6.45) is 1.03. The predicted molar refractivity (Wildman–Crippen MR) is 87.6 cm³/mol. The molecule has 1 aromatic rings. The Morgan fingerprint density at radius 2 is 2.05 bits per heavy atom. The molecule has 0 radical (unpaired) electrons. The minimum atomic E-state index is -0.355. The van der Waals surface area contributed by atoms with Gasteiger partial charge in [0.25, 0.3) is 0 Å². The van der Waals surface area contributed by atoms with Crippen molar-refractivity contribution in [2.75, 3.05) is 38.8 Å². The van der Waals surface area contributed by atoms with Crippen molar-refractivity contribution in [1.29, 1.82) is 0 Å². The molecule has 0 spiro atoms. The molecule has 3 N–H and O–H groups in total. The van der Waals surface area contributed by atoms with Crippen LogP contribution < -0.4 is 11.1 Å². The van der Waals surface area contributed by atoms with Gasteiger partial charge in [-0.25, -0.2) is 4.79 Å². The Balaban J connectivity index is 2.93. The second kappa shape index (κ2) is 7.88. The third-order valence-electron chi connectivity index (χ3n) is 3.18. The van der Waals surface area contributed by atoms with E-state index >= 15 is 0 Å². The van der Waals surface area contributed by atoms with E-state index in [1.165, 1.54) is 7.11 Å². The molecule has 1 unspecified atom stereocenters. The van der Waals surface area contributed by atoms with Gasteiger partial charge in [0.1, 0.15) is 0 Å². The first kappa shape index (κ1) is 17.3. The van der Waals surface area contributed by atoms with Crippen molar-refractivity contribution >= 4 is 17.3 Å². The molecule has 1 rings (SSSR count). The van der Waals surface area contributed by atoms with Gasteiger partial charge in [-0.05, 0) is 44.6 Å². The summed E-state index contributed by atoms with van der Waals surface area (Å²) in [5, 5.41) is 3.45. The fraction of sp³-hybridized carbons (Fsp3) is 0.562. The van der Waals surface area contributed by atoms with Gasteiger partial charge < -0.3 is 20.7 Å². The number of likely N-dealkylation sites (N-methyl/N-ethyl adjacent to an activating group) is 1. The fourth-order valence-electron chi connectivity index (χ4n) is 2.33. The zero-order chi connectivity index (χ0) is 16.0. The second-order valence-electron chi connectivity index (χ2n) is 6.03. The largest absolute Gasteiger partial charge is 0.465 e. The van der Waals surface area contributed by atoms with Crippen LogP contribution in [0.1, 0.15) is 30.6 Å². The van der Waals surface area contributed by atoms with E-state index in [9.17, 15) is 4.79 Å². The van der Waals surface area contributed by atoms with Crippen LogP contribution in [0.2, 0.25) is 0 Å². The topological polar surface area (TPSA) is 67.6 Å². The molecular weight excluding hydrogens is 266 g/mol. The fourth-order valence-corrected chi connectivity index (χ4v) is 2.33. The van der Waals surface area contributed by atoms with Crippen molar-refractivity contribution in [3.05, 3.63) is 23.8 Å². The Hall–Kier alpha value is -1.75. The predicted octanol–water partition coefficient (Wildman–Crippen LogP) is 2.44. The maximum atomic E-state index is 11.6. The monoisotopic (exact) mass is 293 g/mol. The molecule has 0 aliphatic carbocycles. The van der Waals surface area contributed by atoms with Gasteiger partial charge in [-0.3, -0.25) is 0 Å². The molecular formula is C16H27N3O2. The summed E-state index contributed by atoms with van der Waals surface area (Å²) in [5.74, 6) is 0.221. The van der Waals surface area contributed by atoms with Crippen molar-refractivity contribution in [3.8, 4) is 0 Å². The van der Waals surface area contributed by atoms with Gasteiger partial charge in [0, 0.05) is 12.6 Å². The first-order valence-electron chi connectivity index (χ1n) is 7.22. The third kappa shape index (κ3) is 5.63. The standard InChI is InChI=1S/C16H27N3O2/c1-11(2)8-13(10-19(3)4)18-15-9-12(16(20)21-5)6-7-14(15)17/h6-7,9,11,13,18H,8,10,17H2,1-5H3. The SMILES string of the molecule is COC(=O)c1ccc(N)c(NC(CC(C)C)CN(C)C)c1. The summed E-state index contributed by atoms with van der Waals surface area (Å²) in [7, 11) is 5.46. The van der Waals surface area contributed by atoms with E-state index in [4.69, 9.17) is 10.5 Å². The zero-order valence-corrected chi connectivity index (χ0v) is 13.6. The minimum Gasteiger partial charge on any atom is -0.465 e. The highest BCUT2D eigenvalue weighted by molar-refractivity contribution is 5.92. The Morgan fingerprint density at radius 1 is 1.38 bits per heavy atom. The van der Waals surface area contributed by atoms with Gasteiger partial charge in [-0.15, -0.1) is 0 Å². The maximum Gasteiger partial charge on any atom is 0.337 e. The molecule has 1 atom stereocenters. The Kier molecular flexibility index (Phi) is 6.49. The molecule has 0 amide bonds. The first-order chi connectivity index (χ1) is 9.83. The Morgan fingerprint density at radius 3 is 2.57 bits per heavy atom. The molecule has 21 heavy (non-hydrogen) atoms. The third-order valence-corrected chi connectivity index (χ3v) is 3.18. The van der Waals surface area contributed by atoms with Gasteiger partial charge in [0.15, 0.2) is 0 Å². The molecule has 118 valence electrons. The van der Waals surface area contributed by atoms with Gasteiger partial charge in [-0.1, -0.05) is 13.8 Å². The number of carbonyl (C=O) groups excluding carboxylic acids is 1. The van der Waals surface area contributed by atoms with E-state index in [2.05, 4.69) is 24.1 Å². The van der Waals surface area contributed by atoms with Crippen LogP contribution in [0.5, 0.6) is 0 Å². The van der Waals surface area contributed by atoms with Crippen molar-refractivity contribution in [1.82, 2.24) is 4.90 Å². The Labute approximate surface area is 127 Å². The molecule has 0 aliphatic rings. The normalized spacial score (nSPS) is 12.5. The van der Waals surface area contributed by atoms with E-state index in [1.807, 2.05) is 14.1 Å². The molecule has 0 aromatic heterocycles. The van der Waals surface area contributed by atoms with E-state index < -0.39 is 0 Å². The molecule has 0 saturated heterocycles. The lowest BCUT2D eigenvalue weighted by molar-refractivity contribution is 0.0601. The van der Waals surface area contributed by atoms with E-state index in [0.717, 1.165) is 18.7 Å². The molecule has 0 fully saturated rings. The summed E-state index contributed by atoms with van der Waals surface area (Å²) in [6.45, 7) is 5.29. The molecule has 0 saturated carbocycles. The molecule has 5 nitrogen and oxygen atoms in total. The number of esters is 1. The summed E-state index contributed by atoms with van der Waals surface area (Å²) >= 11 is 0. The number of nitrogens with one attached hydrogen (secondary N) is 1. The summed E-state index contributed by atoms with van der Waals surface area (Å²) in [4.78, 5) is 13.8. The van der Waals surface area contributed by atoms with Crippen LogP contribution in [-0.4, -0.2) is 44.7 Å². The quantitative estimate of drug-likeness (QED) is 0.597. The number of anilines is 2. The molecule has 0 aliphatic heterocycles. The van der Waals surface area contributed by atoms with Crippen molar-refractivity contribution in [3.63, 3.8) is 0 Å². The summed E-state index contributed by atoms with van der Waals surface area (Å²) in [5.41, 5.74) is 7.93. The zero-order valence-electron chi connectivity index (χ0n) is 13.6. The van der Waals surface area contributed by atoms with Crippen molar-refractivity contribution in [2.45, 2.75) is 26.3 Å². The average Bonchev–Trinajstić information content (AvgIpc) is 2.38. The number of nitrogens with zero attached hydrogens (tertiary/aromatic N) is 1. The Bertz CT molecular complexity index is 463.